The van der Waals surface area contributed by atoms with Gasteiger partial charge in [-0.3, -0.25) is 0 Å². The average Bonchev–Trinajstić information content (AvgIpc) is 2.91. The molecule has 108 valence electrons. The van der Waals surface area contributed by atoms with Gasteiger partial charge in [-0.2, -0.15) is 0 Å². The van der Waals surface area contributed by atoms with E-state index in [-0.39, 0.29) is 0 Å². The summed E-state index contributed by atoms with van der Waals surface area (Å²) in [6.07, 6.45) is 0. The highest BCUT2D eigenvalue weighted by molar-refractivity contribution is 9.10. The molecule has 0 bridgehead atoms. The van der Waals surface area contributed by atoms with Gasteiger partial charge in [-0.15, -0.1) is 0 Å². The Hall–Kier alpha value is -2.40. The van der Waals surface area contributed by atoms with E-state index in [1.165, 1.54) is 0 Å². The third-order valence-electron chi connectivity index (χ3n) is 3.63. The number of aryl methyl sites for hydroxylation is 1. The number of para-hydroxylation sites is 2. The van der Waals surface area contributed by atoms with Crippen LogP contribution in [0.5, 0.6) is 0 Å². The number of fused-ring (bicyclic) bond motifs is 2. The van der Waals surface area contributed by atoms with Gasteiger partial charge in [0.25, 0.3) is 0 Å². The molecule has 0 saturated heterocycles. The largest absolute Gasteiger partial charge is 0.422 e. The quantitative estimate of drug-likeness (QED) is 0.515. The van der Waals surface area contributed by atoms with E-state index < -0.39 is 5.63 Å². The highest BCUT2D eigenvalue weighted by atomic mass is 79.9. The van der Waals surface area contributed by atoms with Crippen molar-refractivity contribution in [3.63, 3.8) is 0 Å². The van der Waals surface area contributed by atoms with E-state index in [0.29, 0.717) is 17.0 Å². The molecule has 0 fully saturated rings. The predicted octanol–water partition coefficient (Wildman–Crippen LogP) is 4.41. The summed E-state index contributed by atoms with van der Waals surface area (Å²) in [5.74, 6) is 0.523. The molecule has 0 radical (unpaired) electrons. The zero-order valence-electron chi connectivity index (χ0n) is 11.7. The van der Waals surface area contributed by atoms with Crippen LogP contribution < -0.4 is 5.63 Å². The number of imidazole rings is 1. The van der Waals surface area contributed by atoms with Crippen LogP contribution in [0.4, 0.5) is 0 Å². The molecular weight excluding hydrogens is 344 g/mol. The molecule has 5 heteroatoms. The van der Waals surface area contributed by atoms with E-state index >= 15 is 0 Å². The highest BCUT2D eigenvalue weighted by Crippen LogP contribution is 2.26. The van der Waals surface area contributed by atoms with Gasteiger partial charge in [0.05, 0.1) is 11.0 Å². The fourth-order valence-electron chi connectivity index (χ4n) is 2.61. The molecule has 4 aromatic rings. The maximum Gasteiger partial charge on any atom is 0.347 e. The number of rotatable bonds is 1. The van der Waals surface area contributed by atoms with Gasteiger partial charge in [0.15, 0.2) is 0 Å². The number of aromatic amines is 1. The minimum atomic E-state index is -0.392. The fraction of sp³-hybridized carbons (Fsp3) is 0.0588. The molecule has 2 heterocycles. The molecule has 0 aliphatic rings. The summed E-state index contributed by atoms with van der Waals surface area (Å²) in [6, 6.07) is 13.3. The minimum absolute atomic E-state index is 0.392. The Morgan fingerprint density at radius 3 is 2.82 bits per heavy atom. The number of halogens is 1. The number of hydrogen-bond donors (Lipinski definition) is 1. The lowest BCUT2D eigenvalue weighted by atomic mass is 10.1. The van der Waals surface area contributed by atoms with Crippen LogP contribution in [-0.4, -0.2) is 9.97 Å². The minimum Gasteiger partial charge on any atom is -0.422 e. The van der Waals surface area contributed by atoms with E-state index in [1.54, 1.807) is 0 Å². The smallest absolute Gasteiger partial charge is 0.347 e. The van der Waals surface area contributed by atoms with Crippen LogP contribution in [0.2, 0.25) is 0 Å². The second-order valence-corrected chi connectivity index (χ2v) is 6.11. The Morgan fingerprint density at radius 1 is 1.18 bits per heavy atom. The first kappa shape index (κ1) is 13.3. The van der Waals surface area contributed by atoms with Gasteiger partial charge in [0.2, 0.25) is 0 Å². The maximum absolute atomic E-state index is 12.3. The van der Waals surface area contributed by atoms with Gasteiger partial charge in [-0.05, 0) is 42.8 Å². The summed E-state index contributed by atoms with van der Waals surface area (Å²) in [5, 5.41) is 0.863. The van der Waals surface area contributed by atoms with E-state index in [9.17, 15) is 4.79 Å². The Balaban J connectivity index is 2.02. The molecular formula is C17H11BrN2O2. The topological polar surface area (TPSA) is 58.9 Å². The van der Waals surface area contributed by atoms with E-state index in [4.69, 9.17) is 4.42 Å². The zero-order chi connectivity index (χ0) is 15.3. The maximum atomic E-state index is 12.3. The molecule has 1 N–H and O–H groups in total. The number of nitrogens with zero attached hydrogens (tertiary/aromatic N) is 1. The number of benzene rings is 2. The van der Waals surface area contributed by atoms with Crippen LogP contribution in [0.15, 0.2) is 56.1 Å². The number of nitrogens with one attached hydrogen (secondary N) is 1. The lowest BCUT2D eigenvalue weighted by Crippen LogP contribution is -2.04. The first-order chi connectivity index (χ1) is 10.6. The molecule has 22 heavy (non-hydrogen) atoms. The summed E-state index contributed by atoms with van der Waals surface area (Å²) in [6.45, 7) is 1.91. The first-order valence-electron chi connectivity index (χ1n) is 6.81. The van der Waals surface area contributed by atoms with Crippen molar-refractivity contribution < 1.29 is 4.42 Å². The normalized spacial score (nSPS) is 11.4. The second-order valence-electron chi connectivity index (χ2n) is 5.19. The van der Waals surface area contributed by atoms with Crippen LogP contribution >= 0.6 is 15.9 Å². The number of aromatic nitrogens is 2. The van der Waals surface area contributed by atoms with Crippen LogP contribution in [0.25, 0.3) is 33.4 Å². The molecule has 2 aromatic heterocycles. The fourth-order valence-corrected chi connectivity index (χ4v) is 3.20. The molecule has 0 unspecified atom stereocenters. The van der Waals surface area contributed by atoms with Crippen molar-refractivity contribution in [1.82, 2.24) is 9.97 Å². The number of hydrogen-bond acceptors (Lipinski definition) is 3. The summed E-state index contributed by atoms with van der Waals surface area (Å²) in [5.41, 5.74) is 3.27. The van der Waals surface area contributed by atoms with Crippen LogP contribution in [-0.2, 0) is 0 Å². The molecule has 0 aliphatic heterocycles. The molecule has 0 spiro atoms. The van der Waals surface area contributed by atoms with E-state index in [0.717, 1.165) is 26.5 Å². The van der Waals surface area contributed by atoms with Gasteiger partial charge in [0.1, 0.15) is 17.0 Å². The number of H-pyrrole nitrogens is 1. The van der Waals surface area contributed by atoms with Gasteiger partial charge in [-0.25, -0.2) is 9.78 Å². The van der Waals surface area contributed by atoms with Crippen molar-refractivity contribution in [2.75, 3.05) is 0 Å². The van der Waals surface area contributed by atoms with E-state index in [2.05, 4.69) is 25.9 Å². The molecule has 4 nitrogen and oxygen atoms in total. The lowest BCUT2D eigenvalue weighted by molar-refractivity contribution is 0.560. The predicted molar refractivity (Wildman–Crippen MR) is 90.0 cm³/mol. The summed E-state index contributed by atoms with van der Waals surface area (Å²) >= 11 is 3.47. The van der Waals surface area contributed by atoms with Crippen molar-refractivity contribution in [3.05, 3.63) is 62.9 Å². The van der Waals surface area contributed by atoms with Crippen molar-refractivity contribution >= 4 is 37.9 Å². The van der Waals surface area contributed by atoms with Gasteiger partial charge in [-0.1, -0.05) is 28.1 Å². The summed E-state index contributed by atoms with van der Waals surface area (Å²) < 4.78 is 6.44. The Bertz CT molecular complexity index is 1050. The molecule has 0 saturated carbocycles. The summed E-state index contributed by atoms with van der Waals surface area (Å²) in [4.78, 5) is 19.9. The van der Waals surface area contributed by atoms with Crippen LogP contribution in [0.3, 0.4) is 0 Å². The van der Waals surface area contributed by atoms with Crippen molar-refractivity contribution in [2.45, 2.75) is 6.92 Å². The summed E-state index contributed by atoms with van der Waals surface area (Å²) in [7, 11) is 0. The van der Waals surface area contributed by atoms with Crippen LogP contribution in [0, 0.1) is 6.92 Å². The molecule has 4 rings (SSSR count). The molecule has 0 amide bonds. The first-order valence-corrected chi connectivity index (χ1v) is 7.60. The molecule has 2 aromatic carbocycles. The van der Waals surface area contributed by atoms with Crippen molar-refractivity contribution in [1.29, 1.82) is 0 Å². The van der Waals surface area contributed by atoms with Gasteiger partial charge < -0.3 is 9.40 Å². The monoisotopic (exact) mass is 354 g/mol. The van der Waals surface area contributed by atoms with Gasteiger partial charge >= 0.3 is 5.63 Å². The third kappa shape index (κ3) is 2.05. The SMILES string of the molecule is Cc1cc(Br)cc2cc(-c3nc4ccccc4[nH]3)c(=O)oc12. The second kappa shape index (κ2) is 4.81. The Kier molecular flexibility index (Phi) is 2.90. The zero-order valence-corrected chi connectivity index (χ0v) is 13.3. The van der Waals surface area contributed by atoms with Crippen molar-refractivity contribution in [3.8, 4) is 11.4 Å². The standard InChI is InChI=1S/C17H11BrN2O2/c1-9-6-11(18)7-10-8-12(17(21)22-15(9)10)16-19-13-4-2-3-5-14(13)20-16/h2-8H,1H3,(H,19,20). The Labute approximate surface area is 133 Å². The Morgan fingerprint density at radius 2 is 2.00 bits per heavy atom. The van der Waals surface area contributed by atoms with Crippen LogP contribution in [0.1, 0.15) is 5.56 Å². The van der Waals surface area contributed by atoms with Crippen molar-refractivity contribution in [2.24, 2.45) is 0 Å². The molecule has 0 aliphatic carbocycles. The third-order valence-corrected chi connectivity index (χ3v) is 4.08. The van der Waals surface area contributed by atoms with Gasteiger partial charge in [0, 0.05) is 9.86 Å². The average molecular weight is 355 g/mol. The lowest BCUT2D eigenvalue weighted by Gasteiger charge is -2.03. The van der Waals surface area contributed by atoms with E-state index in [1.807, 2.05) is 49.4 Å². The highest BCUT2D eigenvalue weighted by Gasteiger charge is 2.13. The molecule has 0 atom stereocenters.